The van der Waals surface area contributed by atoms with E-state index in [0.29, 0.717) is 35.2 Å². The van der Waals surface area contributed by atoms with Crippen molar-refractivity contribution in [2.75, 3.05) is 37.0 Å². The van der Waals surface area contributed by atoms with Crippen molar-refractivity contribution in [3.8, 4) is 0 Å². The second-order valence-electron chi connectivity index (χ2n) is 8.69. The number of fused-ring (bicyclic) bond motifs is 2. The van der Waals surface area contributed by atoms with Gasteiger partial charge in [-0.25, -0.2) is 9.78 Å². The average Bonchev–Trinajstić information content (AvgIpc) is 3.23. The molecule has 3 aliphatic rings. The van der Waals surface area contributed by atoms with Crippen LogP contribution in [-0.2, 0) is 6.54 Å². The topological polar surface area (TPSA) is 104 Å². The van der Waals surface area contributed by atoms with E-state index in [0.717, 1.165) is 29.6 Å². The summed E-state index contributed by atoms with van der Waals surface area (Å²) in [5.41, 5.74) is 1.67. The van der Waals surface area contributed by atoms with Gasteiger partial charge in [0.25, 0.3) is 0 Å². The molecule has 1 N–H and O–H groups in total. The molecular weight excluding hydrogens is 434 g/mol. The fourth-order valence-corrected chi connectivity index (χ4v) is 5.24. The van der Waals surface area contributed by atoms with Crippen LogP contribution in [0.15, 0.2) is 35.1 Å². The van der Waals surface area contributed by atoms with Gasteiger partial charge in [-0.05, 0) is 30.0 Å². The largest absolute Gasteiger partial charge is 0.371 e. The van der Waals surface area contributed by atoms with Crippen LogP contribution in [0.3, 0.4) is 0 Å². The number of imidazole rings is 1. The molecule has 11 heteroatoms. The fourth-order valence-electron chi connectivity index (χ4n) is 5.05. The molecular formula is C21H22ClN7O3. The molecule has 0 spiro atoms. The lowest BCUT2D eigenvalue weighted by Crippen LogP contribution is -2.46. The van der Waals surface area contributed by atoms with Gasteiger partial charge in [-0.15, -0.1) is 0 Å². The van der Waals surface area contributed by atoms with Crippen molar-refractivity contribution < 1.29 is 14.4 Å². The molecule has 3 unspecified atom stereocenters. The summed E-state index contributed by atoms with van der Waals surface area (Å²) in [6.07, 6.45) is 0.494. The molecule has 1 saturated heterocycles. The number of rotatable bonds is 4. The van der Waals surface area contributed by atoms with E-state index >= 15 is 0 Å². The Morgan fingerprint density at radius 2 is 2.03 bits per heavy atom. The molecule has 3 aromatic rings. The monoisotopic (exact) mass is 455 g/mol. The third-order valence-corrected chi connectivity index (χ3v) is 7.07. The van der Waals surface area contributed by atoms with Gasteiger partial charge in [0.05, 0.1) is 6.33 Å². The zero-order valence-electron chi connectivity index (χ0n) is 17.6. The van der Waals surface area contributed by atoms with E-state index in [1.165, 1.54) is 9.80 Å². The normalized spacial score (nSPS) is 26.5. The van der Waals surface area contributed by atoms with Gasteiger partial charge in [-0.1, -0.05) is 22.8 Å². The predicted octanol–water partition coefficient (Wildman–Crippen LogP) is 2.31. The Morgan fingerprint density at radius 3 is 2.78 bits per heavy atom. The minimum absolute atomic E-state index is 0.277. The second-order valence-corrected chi connectivity index (χ2v) is 9.13. The highest BCUT2D eigenvalue weighted by Gasteiger charge is 2.58. The van der Waals surface area contributed by atoms with Gasteiger partial charge in [0.15, 0.2) is 17.9 Å². The summed E-state index contributed by atoms with van der Waals surface area (Å²) < 4.78 is 7.26. The lowest BCUT2D eigenvalue weighted by Gasteiger charge is -2.34. The van der Waals surface area contributed by atoms with E-state index < -0.39 is 6.23 Å². The van der Waals surface area contributed by atoms with Crippen LogP contribution in [0.2, 0.25) is 5.02 Å². The summed E-state index contributed by atoms with van der Waals surface area (Å²) in [6, 6.07) is 7.62. The number of anilines is 2. The Labute approximate surface area is 189 Å². The number of hydrogen-bond acceptors (Lipinski definition) is 7. The molecule has 2 amide bonds. The van der Waals surface area contributed by atoms with Gasteiger partial charge in [0.1, 0.15) is 12.2 Å². The number of halogens is 1. The average molecular weight is 456 g/mol. The number of aliphatic hydroxyl groups is 1. The summed E-state index contributed by atoms with van der Waals surface area (Å²) in [4.78, 5) is 26.1. The van der Waals surface area contributed by atoms with Crippen molar-refractivity contribution in [2.24, 2.45) is 11.8 Å². The first kappa shape index (κ1) is 19.6. The summed E-state index contributed by atoms with van der Waals surface area (Å²) in [5, 5.41) is 15.5. The highest BCUT2D eigenvalue weighted by molar-refractivity contribution is 6.30. The van der Waals surface area contributed by atoms with Crippen LogP contribution in [-0.4, -0.2) is 62.9 Å². The SMILES string of the molecule is CN1C(=O)N(C)C(O)c2c1ncn2Cc1nc(C2C3CN(c4cccc(Cl)c4)CC32)no1. The first-order valence-corrected chi connectivity index (χ1v) is 10.9. The Balaban J connectivity index is 1.16. The molecule has 32 heavy (non-hydrogen) atoms. The van der Waals surface area contributed by atoms with Crippen LogP contribution >= 0.6 is 11.6 Å². The van der Waals surface area contributed by atoms with E-state index in [1.54, 1.807) is 25.0 Å². The minimum atomic E-state index is -1.08. The van der Waals surface area contributed by atoms with Crippen molar-refractivity contribution in [1.82, 2.24) is 24.6 Å². The molecule has 1 aliphatic carbocycles. The molecule has 4 heterocycles. The van der Waals surface area contributed by atoms with E-state index in [2.05, 4.69) is 26.1 Å². The maximum Gasteiger partial charge on any atom is 0.327 e. The van der Waals surface area contributed by atoms with Gasteiger partial charge in [0, 0.05) is 43.8 Å². The van der Waals surface area contributed by atoms with Gasteiger partial charge >= 0.3 is 6.03 Å². The van der Waals surface area contributed by atoms with Crippen molar-refractivity contribution in [3.63, 3.8) is 0 Å². The highest BCUT2D eigenvalue weighted by atomic mass is 35.5. The Morgan fingerprint density at radius 1 is 1.25 bits per heavy atom. The lowest BCUT2D eigenvalue weighted by molar-refractivity contribution is 0.0378. The fraction of sp³-hybridized carbons (Fsp3) is 0.429. The number of nitrogens with zero attached hydrogens (tertiary/aromatic N) is 7. The zero-order chi connectivity index (χ0) is 22.1. The standard InChI is InChI=1S/C21H22ClN7O3/c1-26-19-17(20(30)27(2)21(26)31)29(10-23-19)9-15-24-18(25-32-15)16-13-7-28(8-14(13)16)12-5-3-4-11(22)6-12/h3-6,10,13-14,16,20,30H,7-9H2,1-2H3. The molecule has 3 atom stereocenters. The number of benzene rings is 1. The Hall–Kier alpha value is -3.11. The first-order chi connectivity index (χ1) is 15.4. The predicted molar refractivity (Wildman–Crippen MR) is 116 cm³/mol. The third kappa shape index (κ3) is 2.90. The van der Waals surface area contributed by atoms with E-state index in [-0.39, 0.29) is 12.6 Å². The van der Waals surface area contributed by atoms with Crippen LogP contribution in [0.4, 0.5) is 16.3 Å². The van der Waals surface area contributed by atoms with Crippen LogP contribution in [0.25, 0.3) is 0 Å². The molecule has 1 aromatic carbocycles. The Bertz CT molecular complexity index is 1200. The maximum absolute atomic E-state index is 12.2. The number of hydrogen-bond donors (Lipinski definition) is 1. The number of aliphatic hydroxyl groups excluding tert-OH is 1. The van der Waals surface area contributed by atoms with E-state index in [4.69, 9.17) is 16.1 Å². The summed E-state index contributed by atoms with van der Waals surface area (Å²) >= 11 is 6.13. The molecule has 2 aromatic heterocycles. The summed E-state index contributed by atoms with van der Waals surface area (Å²) in [6.45, 7) is 2.18. The third-order valence-electron chi connectivity index (χ3n) is 6.83. The summed E-state index contributed by atoms with van der Waals surface area (Å²) in [5.74, 6) is 2.94. The molecule has 10 nitrogen and oxygen atoms in total. The summed E-state index contributed by atoms with van der Waals surface area (Å²) in [7, 11) is 3.18. The van der Waals surface area contributed by atoms with Crippen molar-refractivity contribution in [1.29, 1.82) is 0 Å². The molecule has 0 radical (unpaired) electrons. The van der Waals surface area contributed by atoms with E-state index in [9.17, 15) is 9.90 Å². The van der Waals surface area contributed by atoms with Crippen LogP contribution < -0.4 is 9.80 Å². The molecule has 166 valence electrons. The van der Waals surface area contributed by atoms with E-state index in [1.807, 2.05) is 18.2 Å². The highest BCUT2D eigenvalue weighted by Crippen LogP contribution is 2.58. The number of piperidine rings is 1. The molecule has 2 fully saturated rings. The smallest absolute Gasteiger partial charge is 0.327 e. The quantitative estimate of drug-likeness (QED) is 0.643. The Kier molecular flexibility index (Phi) is 4.25. The molecule has 1 saturated carbocycles. The van der Waals surface area contributed by atoms with Gasteiger partial charge in [-0.3, -0.25) is 9.80 Å². The van der Waals surface area contributed by atoms with Gasteiger partial charge in [0.2, 0.25) is 5.89 Å². The van der Waals surface area contributed by atoms with Crippen molar-refractivity contribution in [3.05, 3.63) is 53.0 Å². The van der Waals surface area contributed by atoms with Crippen LogP contribution in [0.5, 0.6) is 0 Å². The van der Waals surface area contributed by atoms with Crippen molar-refractivity contribution in [2.45, 2.75) is 18.7 Å². The lowest BCUT2D eigenvalue weighted by atomic mass is 10.2. The number of amides is 2. The molecule has 2 aliphatic heterocycles. The number of carbonyl (C=O) groups is 1. The number of urea groups is 1. The number of carbonyl (C=O) groups excluding carboxylic acids is 1. The minimum Gasteiger partial charge on any atom is -0.371 e. The first-order valence-electron chi connectivity index (χ1n) is 10.5. The zero-order valence-corrected chi connectivity index (χ0v) is 18.3. The number of aromatic nitrogens is 4. The van der Waals surface area contributed by atoms with Crippen LogP contribution in [0, 0.1) is 11.8 Å². The van der Waals surface area contributed by atoms with Crippen molar-refractivity contribution >= 4 is 29.1 Å². The van der Waals surface area contributed by atoms with Gasteiger partial charge in [-0.2, -0.15) is 4.98 Å². The maximum atomic E-state index is 12.2. The molecule has 6 rings (SSSR count). The molecule has 0 bridgehead atoms. The van der Waals surface area contributed by atoms with Gasteiger partial charge < -0.3 is 19.1 Å². The second kappa shape index (κ2) is 6.94. The van der Waals surface area contributed by atoms with Crippen LogP contribution in [0.1, 0.15) is 29.6 Å².